The van der Waals surface area contributed by atoms with E-state index in [2.05, 4.69) is 0 Å². The van der Waals surface area contributed by atoms with Gasteiger partial charge < -0.3 is 9.67 Å². The highest BCUT2D eigenvalue weighted by Gasteiger charge is 2.21. The first-order chi connectivity index (χ1) is 11.0. The number of fused-ring (bicyclic) bond motifs is 1. The van der Waals surface area contributed by atoms with Crippen molar-refractivity contribution in [3.63, 3.8) is 0 Å². The molecule has 1 heterocycles. The highest BCUT2D eigenvalue weighted by molar-refractivity contribution is 6.32. The number of aromatic nitrogens is 1. The molecule has 0 radical (unpaired) electrons. The van der Waals surface area contributed by atoms with Gasteiger partial charge in [-0.3, -0.25) is 4.79 Å². The van der Waals surface area contributed by atoms with E-state index in [-0.39, 0.29) is 5.56 Å². The third-order valence-corrected chi connectivity index (χ3v) is 5.14. The third kappa shape index (κ3) is 2.88. The van der Waals surface area contributed by atoms with Gasteiger partial charge in [-0.2, -0.15) is 0 Å². The maximum absolute atomic E-state index is 12.5. The van der Waals surface area contributed by atoms with Crippen LogP contribution in [0.1, 0.15) is 60.9 Å². The summed E-state index contributed by atoms with van der Waals surface area (Å²) in [6, 6.07) is 3.64. The highest BCUT2D eigenvalue weighted by Crippen LogP contribution is 2.37. The molecule has 0 unspecified atom stereocenters. The van der Waals surface area contributed by atoms with E-state index < -0.39 is 11.4 Å². The number of rotatable bonds is 3. The Morgan fingerprint density at radius 1 is 1.30 bits per heavy atom. The number of nitrogens with zero attached hydrogens (tertiary/aromatic N) is 1. The Kier molecular flexibility index (Phi) is 4.44. The lowest BCUT2D eigenvalue weighted by Gasteiger charge is -2.23. The molecule has 0 atom stereocenters. The number of carboxylic acids is 1. The van der Waals surface area contributed by atoms with Crippen LogP contribution in [0.2, 0.25) is 5.02 Å². The molecule has 0 spiro atoms. The van der Waals surface area contributed by atoms with Crippen molar-refractivity contribution in [1.29, 1.82) is 0 Å². The SMILES string of the molecule is CCn1cc(C(=O)O)c(=O)c2cc(C3CCCCC3)c(Cl)cc21. The fourth-order valence-corrected chi connectivity index (χ4v) is 3.88. The molecular formula is C18H20ClNO3. The minimum atomic E-state index is -1.19. The van der Waals surface area contributed by atoms with Gasteiger partial charge in [0.2, 0.25) is 5.43 Å². The first-order valence-corrected chi connectivity index (χ1v) is 8.50. The van der Waals surface area contributed by atoms with Gasteiger partial charge in [0.05, 0.1) is 5.52 Å². The standard InChI is InChI=1S/C18H20ClNO3/c1-2-20-10-14(18(22)23)17(21)13-8-12(15(19)9-16(13)20)11-6-4-3-5-7-11/h8-11H,2-7H2,1H3,(H,22,23). The van der Waals surface area contributed by atoms with Gasteiger partial charge >= 0.3 is 5.97 Å². The van der Waals surface area contributed by atoms with Crippen molar-refractivity contribution in [3.8, 4) is 0 Å². The molecule has 3 rings (SSSR count). The van der Waals surface area contributed by atoms with Crippen molar-refractivity contribution in [3.05, 3.63) is 44.7 Å². The Balaban J connectivity index is 2.26. The summed E-state index contributed by atoms with van der Waals surface area (Å²) in [4.78, 5) is 23.9. The van der Waals surface area contributed by atoms with Gasteiger partial charge in [-0.15, -0.1) is 0 Å². The zero-order valence-corrected chi connectivity index (χ0v) is 13.9. The fraction of sp³-hybridized carbons (Fsp3) is 0.444. The Hall–Kier alpha value is -1.81. The summed E-state index contributed by atoms with van der Waals surface area (Å²) in [5.41, 5.74) is 1.08. The number of aryl methyl sites for hydroxylation is 1. The van der Waals surface area contributed by atoms with E-state index in [1.165, 1.54) is 25.5 Å². The van der Waals surface area contributed by atoms with Gasteiger partial charge in [-0.25, -0.2) is 4.79 Å². The summed E-state index contributed by atoms with van der Waals surface area (Å²) in [6.45, 7) is 2.49. The molecule has 1 aromatic heterocycles. The van der Waals surface area contributed by atoms with Crippen molar-refractivity contribution in [2.45, 2.75) is 51.5 Å². The second-order valence-electron chi connectivity index (χ2n) is 6.19. The van der Waals surface area contributed by atoms with Crippen LogP contribution in [0.5, 0.6) is 0 Å². The van der Waals surface area contributed by atoms with Crippen LogP contribution in [0.4, 0.5) is 0 Å². The van der Waals surface area contributed by atoms with E-state index in [0.29, 0.717) is 28.4 Å². The molecule has 0 aliphatic heterocycles. The molecule has 4 nitrogen and oxygen atoms in total. The van der Waals surface area contributed by atoms with Crippen LogP contribution in [-0.4, -0.2) is 15.6 Å². The smallest absolute Gasteiger partial charge is 0.341 e. The predicted molar refractivity (Wildman–Crippen MR) is 91.7 cm³/mol. The molecular weight excluding hydrogens is 314 g/mol. The van der Waals surface area contributed by atoms with Gasteiger partial charge in [-0.05, 0) is 43.4 Å². The zero-order valence-electron chi connectivity index (χ0n) is 13.1. The highest BCUT2D eigenvalue weighted by atomic mass is 35.5. The minimum absolute atomic E-state index is 0.184. The number of carboxylic acid groups (broad SMARTS) is 1. The molecule has 0 bridgehead atoms. The van der Waals surface area contributed by atoms with Gasteiger partial charge in [0.15, 0.2) is 0 Å². The number of hydrogen-bond donors (Lipinski definition) is 1. The second-order valence-corrected chi connectivity index (χ2v) is 6.60. The number of carbonyl (C=O) groups is 1. The zero-order chi connectivity index (χ0) is 16.6. The van der Waals surface area contributed by atoms with E-state index in [1.807, 2.05) is 19.1 Å². The lowest BCUT2D eigenvalue weighted by Crippen LogP contribution is -2.19. The Labute approximate surface area is 139 Å². The quantitative estimate of drug-likeness (QED) is 0.904. The number of pyridine rings is 1. The number of benzene rings is 1. The lowest BCUT2D eigenvalue weighted by atomic mass is 9.83. The summed E-state index contributed by atoms with van der Waals surface area (Å²) in [7, 11) is 0. The predicted octanol–water partition coefficient (Wildman–Crippen LogP) is 4.42. The van der Waals surface area contributed by atoms with Gasteiger partial charge in [-0.1, -0.05) is 30.9 Å². The van der Waals surface area contributed by atoms with Gasteiger partial charge in [0.1, 0.15) is 5.56 Å². The second kappa shape index (κ2) is 6.36. The number of halogens is 1. The number of hydrogen-bond acceptors (Lipinski definition) is 2. The molecule has 1 N–H and O–H groups in total. The molecule has 122 valence electrons. The van der Waals surface area contributed by atoms with E-state index in [0.717, 1.165) is 18.4 Å². The van der Waals surface area contributed by atoms with Crippen LogP contribution in [0, 0.1) is 0 Å². The van der Waals surface area contributed by atoms with Crippen molar-refractivity contribution in [2.24, 2.45) is 0 Å². The summed E-state index contributed by atoms with van der Waals surface area (Å²) in [5, 5.41) is 10.4. The van der Waals surface area contributed by atoms with Crippen molar-refractivity contribution >= 4 is 28.5 Å². The largest absolute Gasteiger partial charge is 0.477 e. The summed E-state index contributed by atoms with van der Waals surface area (Å²) < 4.78 is 1.77. The monoisotopic (exact) mass is 333 g/mol. The Bertz CT molecular complexity index is 819. The molecule has 23 heavy (non-hydrogen) atoms. The van der Waals surface area contributed by atoms with Crippen LogP contribution in [0.3, 0.4) is 0 Å². The molecule has 2 aromatic rings. The van der Waals surface area contributed by atoms with E-state index in [1.54, 1.807) is 4.57 Å². The Morgan fingerprint density at radius 3 is 2.61 bits per heavy atom. The van der Waals surface area contributed by atoms with E-state index in [9.17, 15) is 14.7 Å². The number of aromatic carboxylic acids is 1. The third-order valence-electron chi connectivity index (χ3n) is 4.81. The molecule has 1 aromatic carbocycles. The average Bonchev–Trinajstić information content (AvgIpc) is 2.55. The molecule has 1 aliphatic rings. The fourth-order valence-electron chi connectivity index (χ4n) is 3.57. The van der Waals surface area contributed by atoms with E-state index >= 15 is 0 Å². The average molecular weight is 334 g/mol. The van der Waals surface area contributed by atoms with Crippen LogP contribution in [0.25, 0.3) is 10.9 Å². The summed E-state index contributed by atoms with van der Waals surface area (Å²) >= 11 is 6.49. The molecule has 0 saturated heterocycles. The van der Waals surface area contributed by atoms with Crippen LogP contribution in [0.15, 0.2) is 23.1 Å². The first-order valence-electron chi connectivity index (χ1n) is 8.12. The van der Waals surface area contributed by atoms with Crippen molar-refractivity contribution in [1.82, 2.24) is 4.57 Å². The molecule has 1 aliphatic carbocycles. The van der Waals surface area contributed by atoms with Crippen molar-refractivity contribution in [2.75, 3.05) is 0 Å². The topological polar surface area (TPSA) is 59.3 Å². The Morgan fingerprint density at radius 2 is 2.00 bits per heavy atom. The summed E-state index contributed by atoms with van der Waals surface area (Å²) in [5.74, 6) is -0.822. The van der Waals surface area contributed by atoms with Crippen LogP contribution in [-0.2, 0) is 6.54 Å². The molecule has 5 heteroatoms. The normalized spacial score (nSPS) is 15.9. The van der Waals surface area contributed by atoms with Crippen LogP contribution < -0.4 is 5.43 Å². The van der Waals surface area contributed by atoms with E-state index in [4.69, 9.17) is 11.6 Å². The maximum Gasteiger partial charge on any atom is 0.341 e. The van der Waals surface area contributed by atoms with Gasteiger partial charge in [0.25, 0.3) is 0 Å². The van der Waals surface area contributed by atoms with Gasteiger partial charge in [0, 0.05) is 23.2 Å². The lowest BCUT2D eigenvalue weighted by molar-refractivity contribution is 0.0695. The summed E-state index contributed by atoms with van der Waals surface area (Å²) in [6.07, 6.45) is 7.15. The maximum atomic E-state index is 12.5. The molecule has 0 amide bonds. The van der Waals surface area contributed by atoms with Crippen molar-refractivity contribution < 1.29 is 9.90 Å². The first kappa shape index (κ1) is 16.1. The molecule has 1 saturated carbocycles. The molecule has 1 fully saturated rings. The van der Waals surface area contributed by atoms with Crippen LogP contribution >= 0.6 is 11.6 Å². The minimum Gasteiger partial charge on any atom is -0.477 e.